The van der Waals surface area contributed by atoms with Gasteiger partial charge in [-0.15, -0.1) is 0 Å². The molecule has 2 rings (SSSR count). The van der Waals surface area contributed by atoms with Crippen molar-refractivity contribution >= 4 is 11.4 Å². The average Bonchev–Trinajstić information content (AvgIpc) is 2.47. The number of methoxy groups -OCH3 is 1. The summed E-state index contributed by atoms with van der Waals surface area (Å²) in [5, 5.41) is 3.44. The third kappa shape index (κ3) is 4.13. The van der Waals surface area contributed by atoms with Crippen molar-refractivity contribution in [1.29, 1.82) is 0 Å². The first kappa shape index (κ1) is 15.2. The van der Waals surface area contributed by atoms with Crippen molar-refractivity contribution in [2.75, 3.05) is 38.8 Å². The fraction of sp³-hybridized carbons (Fsp3) is 0.294. The van der Waals surface area contributed by atoms with Crippen molar-refractivity contribution in [3.8, 4) is 5.75 Å². The summed E-state index contributed by atoms with van der Waals surface area (Å²) in [6.45, 7) is 0.795. The number of ether oxygens (including phenoxy) is 1. The molecule has 4 heteroatoms. The number of rotatable bonds is 6. The Balaban J connectivity index is 2.12. The van der Waals surface area contributed by atoms with Crippen LogP contribution in [0.5, 0.6) is 5.75 Å². The maximum atomic E-state index is 5.81. The summed E-state index contributed by atoms with van der Waals surface area (Å²) in [4.78, 5) is 2.19. The van der Waals surface area contributed by atoms with E-state index in [0.717, 1.165) is 23.7 Å². The Morgan fingerprint density at radius 1 is 1.14 bits per heavy atom. The second kappa shape index (κ2) is 6.99. The number of nitrogen functional groups attached to an aromatic ring is 1. The number of nitrogens with two attached hydrogens (primary N) is 1. The van der Waals surface area contributed by atoms with E-state index < -0.39 is 0 Å². The number of likely N-dealkylation sites (N-methyl/N-ethyl adjacent to an activating group) is 1. The minimum atomic E-state index is 0.251. The molecule has 0 saturated heterocycles. The van der Waals surface area contributed by atoms with Crippen molar-refractivity contribution in [2.45, 2.75) is 6.04 Å². The smallest absolute Gasteiger partial charge is 0.119 e. The molecule has 0 saturated carbocycles. The Bertz CT molecular complexity index is 584. The lowest BCUT2D eigenvalue weighted by Crippen LogP contribution is -2.26. The van der Waals surface area contributed by atoms with Gasteiger partial charge in [-0.3, -0.25) is 0 Å². The molecular formula is C17H23N3O. The Kier molecular flexibility index (Phi) is 5.06. The molecule has 3 N–H and O–H groups in total. The van der Waals surface area contributed by atoms with Crippen LogP contribution in [-0.2, 0) is 0 Å². The zero-order valence-corrected chi connectivity index (χ0v) is 12.8. The van der Waals surface area contributed by atoms with Crippen LogP contribution in [0.25, 0.3) is 0 Å². The highest BCUT2D eigenvalue weighted by molar-refractivity contribution is 5.54. The van der Waals surface area contributed by atoms with Gasteiger partial charge in [0.05, 0.1) is 13.2 Å². The zero-order valence-electron chi connectivity index (χ0n) is 12.8. The number of hydrogen-bond donors (Lipinski definition) is 2. The molecule has 0 heterocycles. The Hall–Kier alpha value is -2.20. The Morgan fingerprint density at radius 2 is 1.90 bits per heavy atom. The topological polar surface area (TPSA) is 50.5 Å². The lowest BCUT2D eigenvalue weighted by molar-refractivity contribution is 0.310. The van der Waals surface area contributed by atoms with E-state index in [1.54, 1.807) is 7.11 Å². The van der Waals surface area contributed by atoms with E-state index in [-0.39, 0.29) is 6.04 Å². The third-order valence-corrected chi connectivity index (χ3v) is 3.49. The maximum absolute atomic E-state index is 5.81. The summed E-state index contributed by atoms with van der Waals surface area (Å²) in [7, 11) is 5.84. The van der Waals surface area contributed by atoms with Crippen molar-refractivity contribution in [2.24, 2.45) is 0 Å². The van der Waals surface area contributed by atoms with Crippen LogP contribution in [0.15, 0.2) is 48.5 Å². The van der Waals surface area contributed by atoms with Crippen LogP contribution in [0.3, 0.4) is 0 Å². The van der Waals surface area contributed by atoms with Crippen LogP contribution in [0.4, 0.5) is 11.4 Å². The second-order valence-electron chi connectivity index (χ2n) is 5.26. The SMILES string of the molecule is COc1cccc(C(CNc2cccc(N)c2)N(C)C)c1. The molecule has 0 aliphatic carbocycles. The summed E-state index contributed by atoms with van der Waals surface area (Å²) in [5.74, 6) is 0.878. The minimum Gasteiger partial charge on any atom is -0.497 e. The predicted molar refractivity (Wildman–Crippen MR) is 88.8 cm³/mol. The van der Waals surface area contributed by atoms with Gasteiger partial charge in [0.15, 0.2) is 0 Å². The normalized spacial score (nSPS) is 12.2. The minimum absolute atomic E-state index is 0.251. The molecule has 112 valence electrons. The fourth-order valence-electron chi connectivity index (χ4n) is 2.31. The number of anilines is 2. The van der Waals surface area contributed by atoms with Gasteiger partial charge in [0.25, 0.3) is 0 Å². The van der Waals surface area contributed by atoms with E-state index in [4.69, 9.17) is 10.5 Å². The highest BCUT2D eigenvalue weighted by Crippen LogP contribution is 2.23. The van der Waals surface area contributed by atoms with Gasteiger partial charge in [0, 0.05) is 17.9 Å². The molecule has 4 nitrogen and oxygen atoms in total. The lowest BCUT2D eigenvalue weighted by atomic mass is 10.1. The summed E-state index contributed by atoms with van der Waals surface area (Å²) in [5.41, 5.74) is 8.82. The second-order valence-corrected chi connectivity index (χ2v) is 5.26. The summed E-state index contributed by atoms with van der Waals surface area (Å²) < 4.78 is 5.31. The zero-order chi connectivity index (χ0) is 15.2. The highest BCUT2D eigenvalue weighted by Gasteiger charge is 2.14. The van der Waals surface area contributed by atoms with Gasteiger partial charge in [-0.25, -0.2) is 0 Å². The first-order valence-electron chi connectivity index (χ1n) is 7.00. The molecule has 2 aromatic carbocycles. The summed E-state index contributed by atoms with van der Waals surface area (Å²) in [6, 6.07) is 16.2. The van der Waals surface area contributed by atoms with Gasteiger partial charge in [-0.1, -0.05) is 18.2 Å². The lowest BCUT2D eigenvalue weighted by Gasteiger charge is -2.26. The van der Waals surface area contributed by atoms with Crippen molar-refractivity contribution in [3.05, 3.63) is 54.1 Å². The summed E-state index contributed by atoms with van der Waals surface area (Å²) >= 11 is 0. The molecule has 0 aliphatic heterocycles. The van der Waals surface area contributed by atoms with Crippen LogP contribution in [0.1, 0.15) is 11.6 Å². The Labute approximate surface area is 126 Å². The van der Waals surface area contributed by atoms with Crippen LogP contribution >= 0.6 is 0 Å². The number of nitrogens with zero attached hydrogens (tertiary/aromatic N) is 1. The first-order chi connectivity index (χ1) is 10.1. The van der Waals surface area contributed by atoms with Gasteiger partial charge < -0.3 is 20.7 Å². The molecule has 1 unspecified atom stereocenters. The van der Waals surface area contributed by atoms with Crippen molar-refractivity contribution in [3.63, 3.8) is 0 Å². The molecular weight excluding hydrogens is 262 g/mol. The molecule has 0 aromatic heterocycles. The van der Waals surface area contributed by atoms with E-state index in [1.807, 2.05) is 36.4 Å². The molecule has 0 spiro atoms. The highest BCUT2D eigenvalue weighted by atomic mass is 16.5. The number of hydrogen-bond acceptors (Lipinski definition) is 4. The third-order valence-electron chi connectivity index (χ3n) is 3.49. The van der Waals surface area contributed by atoms with E-state index in [1.165, 1.54) is 5.56 Å². The van der Waals surface area contributed by atoms with Crippen LogP contribution in [-0.4, -0.2) is 32.6 Å². The number of nitrogens with one attached hydrogen (secondary N) is 1. The van der Waals surface area contributed by atoms with Crippen LogP contribution in [0.2, 0.25) is 0 Å². The van der Waals surface area contributed by atoms with Gasteiger partial charge in [-0.2, -0.15) is 0 Å². The van der Waals surface area contributed by atoms with Gasteiger partial charge in [-0.05, 0) is 50.0 Å². The van der Waals surface area contributed by atoms with E-state index in [9.17, 15) is 0 Å². The van der Waals surface area contributed by atoms with Crippen molar-refractivity contribution in [1.82, 2.24) is 4.90 Å². The van der Waals surface area contributed by atoms with Crippen molar-refractivity contribution < 1.29 is 4.74 Å². The first-order valence-corrected chi connectivity index (χ1v) is 7.00. The van der Waals surface area contributed by atoms with E-state index >= 15 is 0 Å². The molecule has 2 aromatic rings. The molecule has 21 heavy (non-hydrogen) atoms. The fourth-order valence-corrected chi connectivity index (χ4v) is 2.31. The van der Waals surface area contributed by atoms with E-state index in [0.29, 0.717) is 0 Å². The van der Waals surface area contributed by atoms with Gasteiger partial charge in [0.1, 0.15) is 5.75 Å². The molecule has 0 fully saturated rings. The molecule has 0 radical (unpaired) electrons. The standard InChI is InChI=1S/C17H23N3O/c1-20(2)17(13-6-4-9-16(10-13)21-3)12-19-15-8-5-7-14(18)11-15/h4-11,17,19H,12,18H2,1-3H3. The molecule has 1 atom stereocenters. The molecule has 0 aliphatic rings. The average molecular weight is 285 g/mol. The van der Waals surface area contributed by atoms with Gasteiger partial charge >= 0.3 is 0 Å². The quantitative estimate of drug-likeness (QED) is 0.801. The number of benzene rings is 2. The van der Waals surface area contributed by atoms with Crippen LogP contribution < -0.4 is 15.8 Å². The van der Waals surface area contributed by atoms with E-state index in [2.05, 4.69) is 36.4 Å². The summed E-state index contributed by atoms with van der Waals surface area (Å²) in [6.07, 6.45) is 0. The predicted octanol–water partition coefficient (Wildman–Crippen LogP) is 2.99. The molecule has 0 bridgehead atoms. The van der Waals surface area contributed by atoms with Gasteiger partial charge in [0.2, 0.25) is 0 Å². The van der Waals surface area contributed by atoms with Crippen LogP contribution in [0, 0.1) is 0 Å². The Morgan fingerprint density at radius 3 is 2.57 bits per heavy atom. The molecule has 0 amide bonds. The maximum Gasteiger partial charge on any atom is 0.119 e. The monoisotopic (exact) mass is 285 g/mol. The largest absolute Gasteiger partial charge is 0.497 e.